The molecule has 1 aromatic rings. The number of hydrogen-bond acceptors (Lipinski definition) is 6. The Morgan fingerprint density at radius 1 is 1.00 bits per heavy atom. The number of carbonyl (C=O) groups excluding carboxylic acids is 1. The van der Waals surface area contributed by atoms with Crippen molar-refractivity contribution in [3.8, 4) is 5.75 Å². The highest BCUT2D eigenvalue weighted by Crippen LogP contribution is 2.18. The fraction of sp³-hybridized carbons (Fsp3) is 0.389. The molecule has 0 aliphatic carbocycles. The molecule has 1 rings (SSSR count). The first-order valence-electron chi connectivity index (χ1n) is 8.13. The third kappa shape index (κ3) is 7.89. The Morgan fingerprint density at radius 2 is 1.59 bits per heavy atom. The molecular formula is C18H23NO8. The van der Waals surface area contributed by atoms with E-state index in [0.29, 0.717) is 26.4 Å². The van der Waals surface area contributed by atoms with Crippen LogP contribution in [0.5, 0.6) is 5.75 Å². The number of carboxylic acids is 2. The van der Waals surface area contributed by atoms with Gasteiger partial charge < -0.3 is 29.3 Å². The first-order valence-corrected chi connectivity index (χ1v) is 8.13. The number of aromatic carboxylic acids is 2. The smallest absolute Gasteiger partial charge is 0.336 e. The minimum atomic E-state index is -1.34. The quantitative estimate of drug-likeness (QED) is 0.385. The van der Waals surface area contributed by atoms with Crippen molar-refractivity contribution in [3.05, 3.63) is 42.0 Å². The molecule has 0 atom stereocenters. The van der Waals surface area contributed by atoms with Crippen LogP contribution in [0, 0.1) is 0 Å². The summed E-state index contributed by atoms with van der Waals surface area (Å²) in [5, 5.41) is 18.0. The summed E-state index contributed by atoms with van der Waals surface area (Å²) in [6.45, 7) is 5.33. The molecule has 148 valence electrons. The highest BCUT2D eigenvalue weighted by atomic mass is 16.5. The molecule has 0 aliphatic heterocycles. The van der Waals surface area contributed by atoms with Gasteiger partial charge in [-0.25, -0.2) is 9.59 Å². The second-order valence-electron chi connectivity index (χ2n) is 5.35. The van der Waals surface area contributed by atoms with Crippen molar-refractivity contribution < 1.29 is 38.8 Å². The van der Waals surface area contributed by atoms with Gasteiger partial charge in [-0.2, -0.15) is 0 Å². The van der Waals surface area contributed by atoms with Gasteiger partial charge in [-0.05, 0) is 24.3 Å². The van der Waals surface area contributed by atoms with E-state index >= 15 is 0 Å². The molecule has 1 aromatic carbocycles. The maximum absolute atomic E-state index is 11.2. The lowest BCUT2D eigenvalue weighted by Gasteiger charge is -2.14. The topological polar surface area (TPSA) is 123 Å². The van der Waals surface area contributed by atoms with Gasteiger partial charge in [0, 0.05) is 13.6 Å². The molecule has 0 aromatic heterocycles. The minimum absolute atomic E-state index is 0.169. The van der Waals surface area contributed by atoms with Crippen molar-refractivity contribution in [3.63, 3.8) is 0 Å². The second-order valence-corrected chi connectivity index (χ2v) is 5.35. The van der Waals surface area contributed by atoms with Crippen LogP contribution in [0.3, 0.4) is 0 Å². The van der Waals surface area contributed by atoms with Gasteiger partial charge >= 0.3 is 11.9 Å². The van der Waals surface area contributed by atoms with Crippen molar-refractivity contribution in [2.24, 2.45) is 0 Å². The summed E-state index contributed by atoms with van der Waals surface area (Å²) >= 11 is 0. The van der Waals surface area contributed by atoms with E-state index in [0.717, 1.165) is 6.07 Å². The molecule has 0 fully saturated rings. The van der Waals surface area contributed by atoms with Crippen LogP contribution >= 0.6 is 0 Å². The summed E-state index contributed by atoms with van der Waals surface area (Å²) < 4.78 is 16.0. The predicted molar refractivity (Wildman–Crippen MR) is 95.3 cm³/mol. The predicted octanol–water partition coefficient (Wildman–Crippen LogP) is 1.14. The summed E-state index contributed by atoms with van der Waals surface area (Å²) in [5.41, 5.74) is -0.641. The molecule has 0 saturated heterocycles. The van der Waals surface area contributed by atoms with Crippen LogP contribution in [0.4, 0.5) is 0 Å². The number of ether oxygens (including phenoxy) is 3. The zero-order chi connectivity index (χ0) is 20.2. The molecule has 1 amide bonds. The molecule has 9 heteroatoms. The number of amides is 1. The van der Waals surface area contributed by atoms with Gasteiger partial charge in [0.2, 0.25) is 5.91 Å². The summed E-state index contributed by atoms with van der Waals surface area (Å²) in [5.74, 6) is -2.59. The lowest BCUT2D eigenvalue weighted by molar-refractivity contribution is -0.125. The fourth-order valence-electron chi connectivity index (χ4n) is 1.98. The van der Waals surface area contributed by atoms with Gasteiger partial charge in [-0.1, -0.05) is 6.58 Å². The standard InChI is InChI=1S/C18H23NO8/c1-3-16(20)19(2)6-7-25-8-9-26-10-11-27-13-4-5-14(17(21)22)15(12-13)18(23)24/h3-5,12H,1,6-11H2,2H3,(H,21,22)(H,23,24). The van der Waals surface area contributed by atoms with E-state index in [2.05, 4.69) is 6.58 Å². The van der Waals surface area contributed by atoms with Gasteiger partial charge in [-0.15, -0.1) is 0 Å². The third-order valence-electron chi connectivity index (χ3n) is 3.44. The molecule has 2 N–H and O–H groups in total. The summed E-state index contributed by atoms with van der Waals surface area (Å²) in [4.78, 5) is 34.8. The van der Waals surface area contributed by atoms with E-state index in [1.807, 2.05) is 0 Å². The molecule has 0 heterocycles. The Labute approximate surface area is 156 Å². The Balaban J connectivity index is 2.21. The summed E-state index contributed by atoms with van der Waals surface area (Å²) in [6, 6.07) is 3.74. The van der Waals surface area contributed by atoms with E-state index in [4.69, 9.17) is 24.4 Å². The molecule has 27 heavy (non-hydrogen) atoms. The van der Waals surface area contributed by atoms with Crippen LogP contribution in [0.2, 0.25) is 0 Å². The number of carboxylic acid groups (broad SMARTS) is 2. The zero-order valence-electron chi connectivity index (χ0n) is 15.1. The van der Waals surface area contributed by atoms with E-state index in [-0.39, 0.29) is 36.0 Å². The summed E-state index contributed by atoms with van der Waals surface area (Å²) in [7, 11) is 1.65. The van der Waals surface area contributed by atoms with Crippen LogP contribution in [0.25, 0.3) is 0 Å². The molecule has 0 spiro atoms. The number of nitrogens with zero attached hydrogens (tertiary/aromatic N) is 1. The molecular weight excluding hydrogens is 358 g/mol. The molecule has 0 radical (unpaired) electrons. The lowest BCUT2D eigenvalue weighted by atomic mass is 10.1. The first-order chi connectivity index (χ1) is 12.9. The van der Waals surface area contributed by atoms with Crippen LogP contribution in [-0.2, 0) is 14.3 Å². The number of rotatable bonds is 13. The molecule has 0 aliphatic rings. The van der Waals surface area contributed by atoms with Gasteiger partial charge in [0.05, 0.1) is 37.6 Å². The molecule has 0 saturated carbocycles. The van der Waals surface area contributed by atoms with Crippen LogP contribution < -0.4 is 4.74 Å². The van der Waals surface area contributed by atoms with Gasteiger partial charge in [0.25, 0.3) is 0 Å². The number of hydrogen-bond donors (Lipinski definition) is 2. The highest BCUT2D eigenvalue weighted by molar-refractivity contribution is 6.02. The maximum Gasteiger partial charge on any atom is 0.336 e. The Morgan fingerprint density at radius 3 is 2.19 bits per heavy atom. The van der Waals surface area contributed by atoms with Crippen LogP contribution in [0.15, 0.2) is 30.9 Å². The second kappa shape index (κ2) is 11.7. The average Bonchev–Trinajstić information content (AvgIpc) is 2.65. The monoisotopic (exact) mass is 381 g/mol. The number of likely N-dealkylation sites (N-methyl/N-ethyl adjacent to an activating group) is 1. The van der Waals surface area contributed by atoms with Crippen molar-refractivity contribution in [2.75, 3.05) is 46.6 Å². The highest BCUT2D eigenvalue weighted by Gasteiger charge is 2.16. The maximum atomic E-state index is 11.2. The van der Waals surface area contributed by atoms with Crippen molar-refractivity contribution in [2.45, 2.75) is 0 Å². The van der Waals surface area contributed by atoms with Crippen LogP contribution in [-0.4, -0.2) is 79.6 Å². The van der Waals surface area contributed by atoms with Gasteiger partial charge in [0.15, 0.2) is 0 Å². The Bertz CT molecular complexity index is 673. The third-order valence-corrected chi connectivity index (χ3v) is 3.44. The van der Waals surface area contributed by atoms with Crippen LogP contribution in [0.1, 0.15) is 20.7 Å². The van der Waals surface area contributed by atoms with E-state index in [1.165, 1.54) is 23.1 Å². The molecule has 0 unspecified atom stereocenters. The molecule has 9 nitrogen and oxygen atoms in total. The fourth-order valence-corrected chi connectivity index (χ4v) is 1.98. The first kappa shape index (κ1) is 22.1. The van der Waals surface area contributed by atoms with Crippen molar-refractivity contribution in [1.82, 2.24) is 4.90 Å². The minimum Gasteiger partial charge on any atom is -0.491 e. The van der Waals surface area contributed by atoms with Gasteiger partial charge in [0.1, 0.15) is 12.4 Å². The largest absolute Gasteiger partial charge is 0.491 e. The lowest BCUT2D eigenvalue weighted by Crippen LogP contribution is -2.28. The van der Waals surface area contributed by atoms with E-state index in [1.54, 1.807) is 7.05 Å². The average molecular weight is 381 g/mol. The van der Waals surface area contributed by atoms with Gasteiger partial charge in [-0.3, -0.25) is 4.79 Å². The van der Waals surface area contributed by atoms with Crippen molar-refractivity contribution in [1.29, 1.82) is 0 Å². The molecule has 0 bridgehead atoms. The SMILES string of the molecule is C=CC(=O)N(C)CCOCCOCCOc1ccc(C(=O)O)c(C(=O)O)c1. The van der Waals surface area contributed by atoms with E-state index in [9.17, 15) is 14.4 Å². The van der Waals surface area contributed by atoms with E-state index < -0.39 is 11.9 Å². The van der Waals surface area contributed by atoms with Crippen molar-refractivity contribution >= 4 is 17.8 Å². The summed E-state index contributed by atoms with van der Waals surface area (Å²) in [6.07, 6.45) is 1.23. The Hall–Kier alpha value is -2.91. The number of carbonyl (C=O) groups is 3. The Kier molecular flexibility index (Phi) is 9.55. The zero-order valence-corrected chi connectivity index (χ0v) is 15.1. The number of benzene rings is 1. The normalized spacial score (nSPS) is 10.3.